The van der Waals surface area contributed by atoms with Crippen LogP contribution in [0.4, 0.5) is 0 Å². The third kappa shape index (κ3) is 4.11. The number of amides is 1. The summed E-state index contributed by atoms with van der Waals surface area (Å²) in [5.74, 6) is 0.320. The first-order valence-corrected chi connectivity index (χ1v) is 6.54. The molecule has 1 saturated carbocycles. The van der Waals surface area contributed by atoms with Crippen molar-refractivity contribution in [2.24, 2.45) is 5.92 Å². The third-order valence-corrected chi connectivity index (χ3v) is 3.68. The van der Waals surface area contributed by atoms with Gasteiger partial charge in [0.05, 0.1) is 12.1 Å². The van der Waals surface area contributed by atoms with Crippen LogP contribution in [0.2, 0.25) is 0 Å². The van der Waals surface area contributed by atoms with E-state index in [-0.39, 0.29) is 23.8 Å². The Morgan fingerprint density at radius 2 is 1.76 bits per heavy atom. The van der Waals surface area contributed by atoms with Gasteiger partial charge in [-0.25, -0.2) is 0 Å². The van der Waals surface area contributed by atoms with Crippen molar-refractivity contribution in [2.45, 2.75) is 58.0 Å². The van der Waals surface area contributed by atoms with Gasteiger partial charge >= 0.3 is 0 Å². The SMILES string of the molecule is CN[C@@H](C)C(=O)NC(C(C)=O)C1CCCCC1. The van der Waals surface area contributed by atoms with Gasteiger partial charge in [0.15, 0.2) is 5.78 Å². The molecule has 1 rings (SSSR count). The van der Waals surface area contributed by atoms with Crippen molar-refractivity contribution in [3.05, 3.63) is 0 Å². The standard InChI is InChI=1S/C13H24N2O2/c1-9(14-3)13(17)15-12(10(2)16)11-7-5-4-6-8-11/h9,11-12,14H,4-8H2,1-3H3,(H,15,17)/t9-,12?/m0/s1. The van der Waals surface area contributed by atoms with Crippen LogP contribution in [0.3, 0.4) is 0 Å². The predicted octanol–water partition coefficient (Wildman–Crippen LogP) is 1.25. The van der Waals surface area contributed by atoms with Gasteiger partial charge in [-0.3, -0.25) is 9.59 Å². The lowest BCUT2D eigenvalue weighted by atomic mass is 9.82. The number of likely N-dealkylation sites (N-methyl/N-ethyl adjacent to an activating group) is 1. The molecule has 1 aliphatic rings. The highest BCUT2D eigenvalue weighted by molar-refractivity contribution is 5.89. The number of carbonyl (C=O) groups excluding carboxylic acids is 2. The Labute approximate surface area is 104 Å². The van der Waals surface area contributed by atoms with Crippen LogP contribution in [0.15, 0.2) is 0 Å². The summed E-state index contributed by atoms with van der Waals surface area (Å²) in [7, 11) is 1.74. The van der Waals surface area contributed by atoms with E-state index in [1.165, 1.54) is 19.3 Å². The Hall–Kier alpha value is -0.900. The second kappa shape index (κ2) is 6.74. The molecule has 98 valence electrons. The smallest absolute Gasteiger partial charge is 0.237 e. The number of nitrogens with one attached hydrogen (secondary N) is 2. The highest BCUT2D eigenvalue weighted by Gasteiger charge is 2.29. The molecule has 0 saturated heterocycles. The molecule has 0 spiro atoms. The molecule has 0 aromatic heterocycles. The van der Waals surface area contributed by atoms with E-state index in [1.807, 2.05) is 0 Å². The first-order chi connectivity index (χ1) is 8.06. The Kier molecular flexibility index (Phi) is 5.62. The van der Waals surface area contributed by atoms with Gasteiger partial charge in [0.2, 0.25) is 5.91 Å². The van der Waals surface area contributed by atoms with Crippen molar-refractivity contribution in [2.75, 3.05) is 7.05 Å². The molecule has 0 aromatic carbocycles. The summed E-state index contributed by atoms with van der Waals surface area (Å²) in [4.78, 5) is 23.5. The first kappa shape index (κ1) is 14.2. The highest BCUT2D eigenvalue weighted by Crippen LogP contribution is 2.26. The van der Waals surface area contributed by atoms with E-state index in [0.29, 0.717) is 5.92 Å². The zero-order chi connectivity index (χ0) is 12.8. The van der Waals surface area contributed by atoms with Crippen LogP contribution in [-0.2, 0) is 9.59 Å². The fraction of sp³-hybridized carbons (Fsp3) is 0.846. The molecule has 17 heavy (non-hydrogen) atoms. The van der Waals surface area contributed by atoms with Gasteiger partial charge in [0.1, 0.15) is 0 Å². The van der Waals surface area contributed by atoms with Crippen LogP contribution >= 0.6 is 0 Å². The van der Waals surface area contributed by atoms with E-state index >= 15 is 0 Å². The van der Waals surface area contributed by atoms with Crippen LogP contribution in [0.5, 0.6) is 0 Å². The van der Waals surface area contributed by atoms with Gasteiger partial charge in [-0.15, -0.1) is 0 Å². The molecule has 0 bridgehead atoms. The van der Waals surface area contributed by atoms with Gasteiger partial charge in [-0.1, -0.05) is 19.3 Å². The van der Waals surface area contributed by atoms with Gasteiger partial charge in [0.25, 0.3) is 0 Å². The van der Waals surface area contributed by atoms with Gasteiger partial charge in [-0.05, 0) is 39.7 Å². The van der Waals surface area contributed by atoms with Crippen molar-refractivity contribution in [3.8, 4) is 0 Å². The quantitative estimate of drug-likeness (QED) is 0.760. The summed E-state index contributed by atoms with van der Waals surface area (Å²) >= 11 is 0. The molecule has 2 atom stereocenters. The predicted molar refractivity (Wildman–Crippen MR) is 67.7 cm³/mol. The zero-order valence-corrected chi connectivity index (χ0v) is 11.1. The van der Waals surface area contributed by atoms with Crippen LogP contribution < -0.4 is 10.6 Å². The summed E-state index contributed by atoms with van der Waals surface area (Å²) in [5, 5.41) is 5.77. The van der Waals surface area contributed by atoms with Crippen LogP contribution in [0.1, 0.15) is 46.0 Å². The molecule has 1 fully saturated rings. The minimum absolute atomic E-state index is 0.0774. The largest absolute Gasteiger partial charge is 0.345 e. The molecular weight excluding hydrogens is 216 g/mol. The molecule has 2 N–H and O–H groups in total. The minimum Gasteiger partial charge on any atom is -0.345 e. The molecule has 0 radical (unpaired) electrons. The molecule has 1 unspecified atom stereocenters. The van der Waals surface area contributed by atoms with Crippen molar-refractivity contribution < 1.29 is 9.59 Å². The maximum absolute atomic E-state index is 11.8. The Balaban J connectivity index is 2.59. The number of hydrogen-bond donors (Lipinski definition) is 2. The molecule has 4 heteroatoms. The maximum atomic E-state index is 11.8. The van der Waals surface area contributed by atoms with E-state index in [4.69, 9.17) is 0 Å². The van der Waals surface area contributed by atoms with Crippen molar-refractivity contribution >= 4 is 11.7 Å². The average molecular weight is 240 g/mol. The van der Waals surface area contributed by atoms with Crippen LogP contribution in [-0.4, -0.2) is 30.8 Å². The first-order valence-electron chi connectivity index (χ1n) is 6.54. The van der Waals surface area contributed by atoms with E-state index < -0.39 is 0 Å². The monoisotopic (exact) mass is 240 g/mol. The van der Waals surface area contributed by atoms with E-state index in [2.05, 4.69) is 10.6 Å². The fourth-order valence-corrected chi connectivity index (χ4v) is 2.43. The molecule has 4 nitrogen and oxygen atoms in total. The lowest BCUT2D eigenvalue weighted by molar-refractivity contribution is -0.129. The average Bonchev–Trinajstić information content (AvgIpc) is 2.35. The zero-order valence-electron chi connectivity index (χ0n) is 11.1. The molecule has 1 aliphatic carbocycles. The number of rotatable bonds is 5. The Morgan fingerprint density at radius 3 is 2.24 bits per heavy atom. The number of ketones is 1. The van der Waals surface area contributed by atoms with Crippen LogP contribution in [0, 0.1) is 5.92 Å². The lowest BCUT2D eigenvalue weighted by Gasteiger charge is -2.30. The lowest BCUT2D eigenvalue weighted by Crippen LogP contribution is -2.51. The Bertz CT molecular complexity index is 273. The van der Waals surface area contributed by atoms with Crippen molar-refractivity contribution in [1.29, 1.82) is 0 Å². The topological polar surface area (TPSA) is 58.2 Å². The summed E-state index contributed by atoms with van der Waals surface area (Å²) < 4.78 is 0. The molecule has 1 amide bonds. The van der Waals surface area contributed by atoms with Crippen molar-refractivity contribution in [3.63, 3.8) is 0 Å². The highest BCUT2D eigenvalue weighted by atomic mass is 16.2. The van der Waals surface area contributed by atoms with E-state index in [1.54, 1.807) is 20.9 Å². The van der Waals surface area contributed by atoms with Gasteiger partial charge in [-0.2, -0.15) is 0 Å². The number of Topliss-reactive ketones (excluding diaryl/α,β-unsaturated/α-hetero) is 1. The molecule has 0 heterocycles. The normalized spacial score (nSPS) is 20.6. The summed E-state index contributed by atoms with van der Waals surface area (Å²) in [6.45, 7) is 3.37. The third-order valence-electron chi connectivity index (χ3n) is 3.68. The molecular formula is C13H24N2O2. The number of carbonyl (C=O) groups is 2. The minimum atomic E-state index is -0.293. The number of hydrogen-bond acceptors (Lipinski definition) is 3. The molecule has 0 aromatic rings. The van der Waals surface area contributed by atoms with E-state index in [9.17, 15) is 9.59 Å². The maximum Gasteiger partial charge on any atom is 0.237 e. The second-order valence-electron chi connectivity index (χ2n) is 5.01. The fourth-order valence-electron chi connectivity index (χ4n) is 2.43. The van der Waals surface area contributed by atoms with E-state index in [0.717, 1.165) is 12.8 Å². The Morgan fingerprint density at radius 1 is 1.18 bits per heavy atom. The van der Waals surface area contributed by atoms with Gasteiger partial charge in [0, 0.05) is 0 Å². The molecule has 0 aliphatic heterocycles. The van der Waals surface area contributed by atoms with Crippen LogP contribution in [0.25, 0.3) is 0 Å². The van der Waals surface area contributed by atoms with Crippen molar-refractivity contribution in [1.82, 2.24) is 10.6 Å². The second-order valence-corrected chi connectivity index (χ2v) is 5.01. The summed E-state index contributed by atoms with van der Waals surface area (Å²) in [6, 6.07) is -0.543. The summed E-state index contributed by atoms with van der Waals surface area (Å²) in [6.07, 6.45) is 5.71. The van der Waals surface area contributed by atoms with Gasteiger partial charge < -0.3 is 10.6 Å². The summed E-state index contributed by atoms with van der Waals surface area (Å²) in [5.41, 5.74) is 0.